The van der Waals surface area contributed by atoms with E-state index in [4.69, 9.17) is 5.26 Å². The molecule has 28 heavy (non-hydrogen) atoms. The third kappa shape index (κ3) is 3.71. The lowest BCUT2D eigenvalue weighted by Crippen LogP contribution is -2.31. The first-order valence-electron chi connectivity index (χ1n) is 8.33. The summed E-state index contributed by atoms with van der Waals surface area (Å²) in [7, 11) is 0. The van der Waals surface area contributed by atoms with Gasteiger partial charge in [-0.05, 0) is 32.0 Å². The van der Waals surface area contributed by atoms with Crippen molar-refractivity contribution >= 4 is 16.8 Å². The molecule has 1 amide bonds. The van der Waals surface area contributed by atoms with E-state index in [0.29, 0.717) is 11.4 Å². The number of hydrogen-bond donors (Lipinski definition) is 2. The van der Waals surface area contributed by atoms with Gasteiger partial charge in [-0.15, -0.1) is 0 Å². The molecule has 7 nitrogen and oxygen atoms in total. The molecule has 2 heterocycles. The highest BCUT2D eigenvalue weighted by molar-refractivity contribution is 5.83. The summed E-state index contributed by atoms with van der Waals surface area (Å²) >= 11 is 0. The number of nitrogens with zero attached hydrogens (tertiary/aromatic N) is 3. The van der Waals surface area contributed by atoms with Crippen molar-refractivity contribution in [2.75, 3.05) is 0 Å². The lowest BCUT2D eigenvalue weighted by molar-refractivity contribution is -0.121. The number of aryl methyl sites for hydroxylation is 1. The molecule has 0 aliphatic rings. The number of hydrogen-bond acceptors (Lipinski definition) is 5. The van der Waals surface area contributed by atoms with Gasteiger partial charge in [-0.1, -0.05) is 0 Å². The van der Waals surface area contributed by atoms with Crippen molar-refractivity contribution in [3.63, 3.8) is 0 Å². The first kappa shape index (κ1) is 19.1. The van der Waals surface area contributed by atoms with Gasteiger partial charge in [0.25, 0.3) is 5.56 Å². The number of rotatable bonds is 4. The van der Waals surface area contributed by atoms with Crippen LogP contribution < -0.4 is 10.9 Å². The van der Waals surface area contributed by atoms with E-state index in [-0.39, 0.29) is 31.4 Å². The van der Waals surface area contributed by atoms with Crippen molar-refractivity contribution in [1.82, 2.24) is 20.3 Å². The molecule has 0 spiro atoms. The largest absolute Gasteiger partial charge is 0.348 e. The Morgan fingerprint density at radius 2 is 2.18 bits per heavy atom. The van der Waals surface area contributed by atoms with Gasteiger partial charge < -0.3 is 10.3 Å². The van der Waals surface area contributed by atoms with Gasteiger partial charge in [-0.2, -0.15) is 5.26 Å². The normalized spacial score (nSPS) is 11.8. The number of carbonyl (C=O) groups excluding carboxylic acids is 1. The average Bonchev–Trinajstić information content (AvgIpc) is 2.65. The van der Waals surface area contributed by atoms with Crippen molar-refractivity contribution < 1.29 is 16.4 Å². The topological polar surface area (TPSA) is 112 Å². The van der Waals surface area contributed by atoms with Gasteiger partial charge in [0.05, 0.1) is 35.6 Å². The molecule has 1 aromatic carbocycles. The van der Waals surface area contributed by atoms with Crippen LogP contribution in [0, 0.1) is 29.9 Å². The highest BCUT2D eigenvalue weighted by Crippen LogP contribution is 2.19. The molecule has 2 N–H and O–H groups in total. The fourth-order valence-corrected chi connectivity index (χ4v) is 2.89. The smallest absolute Gasteiger partial charge is 0.252 e. The number of carbonyl (C=O) groups is 1. The van der Waals surface area contributed by atoms with Gasteiger partial charge in [0.1, 0.15) is 6.07 Å². The van der Waals surface area contributed by atoms with Crippen LogP contribution in [0.25, 0.3) is 10.9 Å². The number of nitriles is 1. The maximum absolute atomic E-state index is 13.9. The molecule has 0 bridgehead atoms. The van der Waals surface area contributed by atoms with Crippen molar-refractivity contribution in [3.05, 3.63) is 69.0 Å². The number of pyridine rings is 1. The molecule has 9 heteroatoms. The van der Waals surface area contributed by atoms with Crippen molar-refractivity contribution in [1.29, 1.82) is 5.26 Å². The molecule has 3 rings (SSSR count). The van der Waals surface area contributed by atoms with Gasteiger partial charge >= 0.3 is 0 Å². The van der Waals surface area contributed by atoms with Gasteiger partial charge in [-0.3, -0.25) is 14.6 Å². The van der Waals surface area contributed by atoms with E-state index in [9.17, 15) is 18.4 Å². The lowest BCUT2D eigenvalue weighted by atomic mass is 10.1. The number of amides is 1. The summed E-state index contributed by atoms with van der Waals surface area (Å²) in [5, 5.41) is 11.4. The minimum atomic E-state index is -1.09. The van der Waals surface area contributed by atoms with Crippen LogP contribution in [0.2, 0.25) is 0 Å². The summed E-state index contributed by atoms with van der Waals surface area (Å²) in [6.45, 7) is 3.35. The SMILES string of the molecule is Cc1nc(C#N)cnc1[C@@H](C)NC(=O)Cc1cc2c(F)c(F)ccc2[nH]c1=O.[HH].[HH]. The Labute approximate surface area is 161 Å². The number of fused-ring (bicyclic) bond motifs is 1. The molecule has 0 fully saturated rings. The zero-order valence-corrected chi connectivity index (χ0v) is 15.0. The van der Waals surface area contributed by atoms with Crippen LogP contribution in [0.3, 0.4) is 0 Å². The second-order valence-corrected chi connectivity index (χ2v) is 6.25. The zero-order valence-electron chi connectivity index (χ0n) is 15.0. The molecule has 0 unspecified atom stereocenters. The van der Waals surface area contributed by atoms with Gasteiger partial charge in [0, 0.05) is 13.8 Å². The standard InChI is InChI=1S/C19H15F2N5O2.2H2/c1-9-18(23-8-12(7-22)24-9)10(2)25-16(27)6-11-5-13-15(26-19(11)28)4-3-14(20)17(13)21;;/h3-5,8,10H,6H2,1-2H3,(H,25,27)(H,26,28);2*1H/t10-;;/m1../s1. The minimum Gasteiger partial charge on any atom is -0.348 e. The number of aromatic amines is 1. The van der Waals surface area contributed by atoms with E-state index in [1.165, 1.54) is 18.3 Å². The summed E-state index contributed by atoms with van der Waals surface area (Å²) in [5.74, 6) is -2.63. The molecule has 0 saturated heterocycles. The Balaban J connectivity index is 0.00000225. The predicted molar refractivity (Wildman–Crippen MR) is 100 cm³/mol. The third-order valence-corrected chi connectivity index (χ3v) is 4.23. The molecule has 146 valence electrons. The summed E-state index contributed by atoms with van der Waals surface area (Å²) < 4.78 is 27.4. The Bertz CT molecular complexity index is 1190. The Morgan fingerprint density at radius 3 is 2.86 bits per heavy atom. The second-order valence-electron chi connectivity index (χ2n) is 6.25. The van der Waals surface area contributed by atoms with Crippen LogP contribution >= 0.6 is 0 Å². The predicted octanol–water partition coefficient (Wildman–Crippen LogP) is 2.69. The number of H-pyrrole nitrogens is 1. The lowest BCUT2D eigenvalue weighted by Gasteiger charge is -2.15. The summed E-state index contributed by atoms with van der Waals surface area (Å²) in [6, 6.07) is 4.70. The third-order valence-electron chi connectivity index (χ3n) is 4.23. The summed E-state index contributed by atoms with van der Waals surface area (Å²) in [6.07, 6.45) is 0.977. The summed E-state index contributed by atoms with van der Waals surface area (Å²) in [5.41, 5.74) is 0.725. The van der Waals surface area contributed by atoms with Crippen LogP contribution in [0.1, 0.15) is 38.5 Å². The van der Waals surface area contributed by atoms with Crippen molar-refractivity contribution in [2.24, 2.45) is 0 Å². The number of aromatic nitrogens is 3. The number of nitrogens with one attached hydrogen (secondary N) is 2. The Kier molecular flexibility index (Phi) is 5.13. The molecular weight excluding hydrogens is 368 g/mol. The first-order valence-corrected chi connectivity index (χ1v) is 8.33. The van der Waals surface area contributed by atoms with Gasteiger partial charge in [0.2, 0.25) is 5.91 Å². The van der Waals surface area contributed by atoms with E-state index in [0.717, 1.165) is 6.07 Å². The van der Waals surface area contributed by atoms with Crippen LogP contribution in [0.5, 0.6) is 0 Å². The molecule has 3 aromatic rings. The summed E-state index contributed by atoms with van der Waals surface area (Å²) in [4.78, 5) is 35.1. The number of halogens is 2. The van der Waals surface area contributed by atoms with E-state index in [2.05, 4.69) is 20.3 Å². The molecule has 0 radical (unpaired) electrons. The van der Waals surface area contributed by atoms with Crippen LogP contribution in [-0.4, -0.2) is 20.9 Å². The molecule has 2 aromatic heterocycles. The first-order chi connectivity index (χ1) is 13.3. The molecule has 0 aliphatic heterocycles. The average molecular weight is 387 g/mol. The van der Waals surface area contributed by atoms with E-state index in [1.54, 1.807) is 13.8 Å². The maximum atomic E-state index is 13.9. The zero-order chi connectivity index (χ0) is 20.4. The van der Waals surface area contributed by atoms with Crippen molar-refractivity contribution in [3.8, 4) is 6.07 Å². The maximum Gasteiger partial charge on any atom is 0.252 e. The van der Waals surface area contributed by atoms with E-state index >= 15 is 0 Å². The fourth-order valence-electron chi connectivity index (χ4n) is 2.89. The van der Waals surface area contributed by atoms with Gasteiger partial charge in [0.15, 0.2) is 17.3 Å². The highest BCUT2D eigenvalue weighted by Gasteiger charge is 2.17. The fraction of sp³-hybridized carbons (Fsp3) is 0.211. The monoisotopic (exact) mass is 387 g/mol. The minimum absolute atomic E-state index is 0. The Morgan fingerprint density at radius 1 is 1.43 bits per heavy atom. The Hall–Kier alpha value is -3.67. The van der Waals surface area contributed by atoms with Crippen molar-refractivity contribution in [2.45, 2.75) is 26.3 Å². The van der Waals surface area contributed by atoms with Crippen LogP contribution in [-0.2, 0) is 11.2 Å². The van der Waals surface area contributed by atoms with Crippen LogP contribution in [0.4, 0.5) is 8.78 Å². The highest BCUT2D eigenvalue weighted by atomic mass is 19.2. The molecule has 0 saturated carbocycles. The second kappa shape index (κ2) is 7.52. The number of benzene rings is 1. The molecular formula is C19H19F2N5O2. The van der Waals surface area contributed by atoms with E-state index < -0.39 is 29.1 Å². The quantitative estimate of drug-likeness (QED) is 0.715. The van der Waals surface area contributed by atoms with E-state index in [1.807, 2.05) is 6.07 Å². The van der Waals surface area contributed by atoms with Crippen LogP contribution in [0.15, 0.2) is 29.2 Å². The van der Waals surface area contributed by atoms with Gasteiger partial charge in [-0.25, -0.2) is 13.8 Å². The molecule has 1 atom stereocenters. The molecule has 0 aliphatic carbocycles.